The number of carbonyl (C=O) groups excluding carboxylic acids is 1. The number of hydrogen-bond donors (Lipinski definition) is 2. The van der Waals surface area contributed by atoms with Crippen LogP contribution >= 0.6 is 11.8 Å². The van der Waals surface area contributed by atoms with Crippen LogP contribution in [0, 0.1) is 0 Å². The van der Waals surface area contributed by atoms with Gasteiger partial charge in [-0.3, -0.25) is 9.48 Å². The van der Waals surface area contributed by atoms with Crippen molar-refractivity contribution >= 4 is 29.0 Å². The van der Waals surface area contributed by atoms with Gasteiger partial charge in [-0.15, -0.1) is 11.8 Å². The molecule has 7 heteroatoms. The average molecular weight is 292 g/mol. The van der Waals surface area contributed by atoms with Crippen LogP contribution in [-0.2, 0) is 11.8 Å². The highest BCUT2D eigenvalue weighted by Crippen LogP contribution is 2.27. The molecule has 0 spiro atoms. The predicted octanol–water partition coefficient (Wildman–Crippen LogP) is 1.74. The van der Waals surface area contributed by atoms with Crippen molar-refractivity contribution in [3.05, 3.63) is 30.6 Å². The molecule has 1 heterocycles. The number of ether oxygens (including phenoxy) is 1. The first-order valence-corrected chi connectivity index (χ1v) is 6.92. The molecule has 6 nitrogen and oxygen atoms in total. The molecule has 1 amide bonds. The molecule has 106 valence electrons. The molecule has 0 aliphatic rings. The molecule has 1 aromatic heterocycles. The van der Waals surface area contributed by atoms with Crippen LogP contribution in [0.5, 0.6) is 5.75 Å². The van der Waals surface area contributed by atoms with Crippen LogP contribution in [0.2, 0.25) is 0 Å². The highest BCUT2D eigenvalue weighted by atomic mass is 32.2. The van der Waals surface area contributed by atoms with Crippen LogP contribution in [0.4, 0.5) is 11.4 Å². The van der Waals surface area contributed by atoms with Crippen molar-refractivity contribution in [3.63, 3.8) is 0 Å². The van der Waals surface area contributed by atoms with E-state index < -0.39 is 0 Å². The minimum atomic E-state index is -0.109. The van der Waals surface area contributed by atoms with E-state index in [0.29, 0.717) is 22.9 Å². The molecule has 0 fully saturated rings. The van der Waals surface area contributed by atoms with E-state index in [1.165, 1.54) is 18.9 Å². The summed E-state index contributed by atoms with van der Waals surface area (Å²) in [5, 5.41) is 6.84. The maximum Gasteiger partial charge on any atom is 0.234 e. The van der Waals surface area contributed by atoms with Gasteiger partial charge in [-0.25, -0.2) is 0 Å². The van der Waals surface area contributed by atoms with E-state index in [0.717, 1.165) is 4.90 Å². The number of aryl methyl sites for hydroxylation is 1. The predicted molar refractivity (Wildman–Crippen MR) is 80.0 cm³/mol. The van der Waals surface area contributed by atoms with Crippen LogP contribution in [0.15, 0.2) is 35.5 Å². The smallest absolute Gasteiger partial charge is 0.234 e. The van der Waals surface area contributed by atoms with Crippen molar-refractivity contribution in [2.75, 3.05) is 23.9 Å². The average Bonchev–Trinajstić information content (AvgIpc) is 2.84. The van der Waals surface area contributed by atoms with E-state index in [1.807, 2.05) is 13.2 Å². The van der Waals surface area contributed by atoms with Crippen molar-refractivity contribution in [3.8, 4) is 5.75 Å². The lowest BCUT2D eigenvalue weighted by Gasteiger charge is -2.10. The summed E-state index contributed by atoms with van der Waals surface area (Å²) < 4.78 is 6.88. The van der Waals surface area contributed by atoms with Crippen molar-refractivity contribution in [2.45, 2.75) is 4.90 Å². The second kappa shape index (κ2) is 6.33. The fourth-order valence-corrected chi connectivity index (χ4v) is 2.34. The Morgan fingerprint density at radius 2 is 2.35 bits per heavy atom. The first-order valence-electron chi connectivity index (χ1n) is 5.93. The number of amides is 1. The summed E-state index contributed by atoms with van der Waals surface area (Å²) in [6.07, 6.45) is 3.59. The summed E-state index contributed by atoms with van der Waals surface area (Å²) in [5.74, 6) is 0.742. The van der Waals surface area contributed by atoms with Gasteiger partial charge < -0.3 is 15.8 Å². The Kier molecular flexibility index (Phi) is 4.52. The highest BCUT2D eigenvalue weighted by molar-refractivity contribution is 8.00. The Hall–Kier alpha value is -2.15. The monoisotopic (exact) mass is 292 g/mol. The van der Waals surface area contributed by atoms with Gasteiger partial charge in [0, 0.05) is 29.9 Å². The minimum Gasteiger partial charge on any atom is -0.494 e. The van der Waals surface area contributed by atoms with E-state index in [4.69, 9.17) is 10.5 Å². The van der Waals surface area contributed by atoms with Gasteiger partial charge in [0.05, 0.1) is 24.7 Å². The second-order valence-corrected chi connectivity index (χ2v) is 5.20. The number of rotatable bonds is 5. The Balaban J connectivity index is 1.94. The van der Waals surface area contributed by atoms with Gasteiger partial charge >= 0.3 is 0 Å². The Morgan fingerprint density at radius 3 is 3.00 bits per heavy atom. The van der Waals surface area contributed by atoms with Gasteiger partial charge in [0.25, 0.3) is 0 Å². The third-order valence-electron chi connectivity index (χ3n) is 2.55. The van der Waals surface area contributed by atoms with E-state index in [-0.39, 0.29) is 5.91 Å². The van der Waals surface area contributed by atoms with E-state index >= 15 is 0 Å². The van der Waals surface area contributed by atoms with Crippen molar-refractivity contribution < 1.29 is 9.53 Å². The molecule has 0 radical (unpaired) electrons. The van der Waals surface area contributed by atoms with Crippen molar-refractivity contribution in [2.24, 2.45) is 7.05 Å². The topological polar surface area (TPSA) is 82.2 Å². The fraction of sp³-hybridized carbons (Fsp3) is 0.231. The Morgan fingerprint density at radius 1 is 1.55 bits per heavy atom. The summed E-state index contributed by atoms with van der Waals surface area (Å²) in [6, 6.07) is 5.11. The van der Waals surface area contributed by atoms with Crippen LogP contribution in [0.3, 0.4) is 0 Å². The van der Waals surface area contributed by atoms with Crippen LogP contribution in [-0.4, -0.2) is 28.6 Å². The molecule has 0 atom stereocenters. The number of benzene rings is 1. The maximum atomic E-state index is 11.9. The van der Waals surface area contributed by atoms with Gasteiger partial charge in [0.15, 0.2) is 0 Å². The number of nitrogens with two attached hydrogens (primary N) is 1. The van der Waals surface area contributed by atoms with Gasteiger partial charge in [0.1, 0.15) is 5.75 Å². The fourth-order valence-electron chi connectivity index (χ4n) is 1.62. The van der Waals surface area contributed by atoms with Gasteiger partial charge in [-0.1, -0.05) is 0 Å². The molecule has 20 heavy (non-hydrogen) atoms. The summed E-state index contributed by atoms with van der Waals surface area (Å²) in [6.45, 7) is 0. The van der Waals surface area contributed by atoms with Crippen molar-refractivity contribution in [1.82, 2.24) is 9.78 Å². The molecule has 0 aliphatic heterocycles. The molecule has 0 saturated heterocycles. The third-order valence-corrected chi connectivity index (χ3v) is 3.50. The first kappa shape index (κ1) is 14.3. The Labute approximate surface area is 121 Å². The van der Waals surface area contributed by atoms with Crippen molar-refractivity contribution in [1.29, 1.82) is 0 Å². The largest absolute Gasteiger partial charge is 0.494 e. The number of anilines is 2. The summed E-state index contributed by atoms with van der Waals surface area (Å²) in [4.78, 5) is 12.9. The van der Waals surface area contributed by atoms with E-state index in [2.05, 4.69) is 10.4 Å². The number of methoxy groups -OCH3 is 1. The van der Waals surface area contributed by atoms with Crippen LogP contribution < -0.4 is 15.8 Å². The van der Waals surface area contributed by atoms with Gasteiger partial charge in [-0.05, 0) is 12.1 Å². The van der Waals surface area contributed by atoms with Crippen LogP contribution in [0.25, 0.3) is 0 Å². The number of aromatic nitrogens is 2. The second-order valence-electron chi connectivity index (χ2n) is 4.15. The number of carbonyl (C=O) groups is 1. The highest BCUT2D eigenvalue weighted by Gasteiger charge is 2.09. The Bertz CT molecular complexity index is 612. The zero-order valence-corrected chi connectivity index (χ0v) is 12.1. The number of thioether (sulfide) groups is 1. The zero-order valence-electron chi connectivity index (χ0n) is 11.3. The maximum absolute atomic E-state index is 11.9. The summed E-state index contributed by atoms with van der Waals surface area (Å²) in [7, 11) is 3.37. The molecular formula is C13H16N4O2S. The molecule has 0 bridgehead atoms. The van der Waals surface area contributed by atoms with Gasteiger partial charge in [0.2, 0.25) is 5.91 Å². The zero-order chi connectivity index (χ0) is 14.5. The minimum absolute atomic E-state index is 0.109. The molecule has 2 aromatic rings. The normalized spacial score (nSPS) is 10.3. The molecule has 1 aromatic carbocycles. The summed E-state index contributed by atoms with van der Waals surface area (Å²) in [5.41, 5.74) is 6.86. The summed E-state index contributed by atoms with van der Waals surface area (Å²) >= 11 is 1.42. The molecule has 0 aliphatic carbocycles. The van der Waals surface area contributed by atoms with E-state index in [1.54, 1.807) is 29.1 Å². The quantitative estimate of drug-likeness (QED) is 0.648. The standard InChI is InChI=1S/C13H16N4O2S/c1-17-7-10(6-15-17)20-8-13(18)16-11-4-3-9(14)5-12(11)19-2/h3-7H,8,14H2,1-2H3,(H,16,18). The lowest BCUT2D eigenvalue weighted by atomic mass is 10.2. The SMILES string of the molecule is COc1cc(N)ccc1NC(=O)CSc1cnn(C)c1. The third kappa shape index (κ3) is 3.67. The number of nitrogens with one attached hydrogen (secondary N) is 1. The lowest BCUT2D eigenvalue weighted by Crippen LogP contribution is -2.14. The van der Waals surface area contributed by atoms with Crippen LogP contribution in [0.1, 0.15) is 0 Å². The number of nitrogens with zero attached hydrogens (tertiary/aromatic N) is 2. The number of nitrogen functional groups attached to an aromatic ring is 1. The molecule has 2 rings (SSSR count). The molecular weight excluding hydrogens is 276 g/mol. The lowest BCUT2D eigenvalue weighted by molar-refractivity contribution is -0.113. The molecule has 0 saturated carbocycles. The molecule has 3 N–H and O–H groups in total. The first-order chi connectivity index (χ1) is 9.58. The molecule has 0 unspecified atom stereocenters. The van der Waals surface area contributed by atoms with Gasteiger partial charge in [-0.2, -0.15) is 5.10 Å². The number of hydrogen-bond acceptors (Lipinski definition) is 5. The van der Waals surface area contributed by atoms with E-state index in [9.17, 15) is 4.79 Å².